The Balaban J connectivity index is 2.93. The Kier molecular flexibility index (Phi) is 4.45. The third-order valence-electron chi connectivity index (χ3n) is 2.20. The maximum atomic E-state index is 11.9. The largest absolute Gasteiger partial charge is 0.390 e. The molecular weight excluding hydrogens is 230 g/mol. The highest BCUT2D eigenvalue weighted by Gasteiger charge is 2.23. The minimum absolute atomic E-state index is 0.0612. The van der Waals surface area contributed by atoms with E-state index in [1.807, 2.05) is 6.92 Å². The first kappa shape index (κ1) is 13.1. The van der Waals surface area contributed by atoms with Gasteiger partial charge in [0.25, 0.3) is 0 Å². The van der Waals surface area contributed by atoms with Gasteiger partial charge in [0.2, 0.25) is 10.0 Å². The van der Waals surface area contributed by atoms with E-state index in [9.17, 15) is 8.42 Å². The van der Waals surface area contributed by atoms with Gasteiger partial charge in [-0.3, -0.25) is 5.10 Å². The molecule has 0 unspecified atom stereocenters. The highest BCUT2D eigenvalue weighted by Crippen LogP contribution is 2.17. The minimum Gasteiger partial charge on any atom is -0.390 e. The van der Waals surface area contributed by atoms with E-state index in [1.54, 1.807) is 6.92 Å². The zero-order valence-electron chi connectivity index (χ0n) is 9.45. The van der Waals surface area contributed by atoms with E-state index in [2.05, 4.69) is 14.9 Å². The SMILES string of the molecule is CCCCNS(=O)(=O)c1c(CO)n[nH]c1C. The molecule has 0 amide bonds. The number of H-pyrrole nitrogens is 1. The summed E-state index contributed by atoms with van der Waals surface area (Å²) in [7, 11) is -3.57. The van der Waals surface area contributed by atoms with E-state index >= 15 is 0 Å². The smallest absolute Gasteiger partial charge is 0.244 e. The van der Waals surface area contributed by atoms with Crippen LogP contribution in [0.4, 0.5) is 0 Å². The molecule has 0 aliphatic carbocycles. The molecule has 0 radical (unpaired) electrons. The molecule has 0 saturated heterocycles. The van der Waals surface area contributed by atoms with Gasteiger partial charge < -0.3 is 5.11 Å². The molecule has 0 aliphatic heterocycles. The van der Waals surface area contributed by atoms with Crippen molar-refractivity contribution in [1.82, 2.24) is 14.9 Å². The number of aryl methyl sites for hydroxylation is 1. The molecule has 0 aliphatic rings. The van der Waals surface area contributed by atoms with Crippen LogP contribution in [0.5, 0.6) is 0 Å². The molecule has 0 atom stereocenters. The highest BCUT2D eigenvalue weighted by molar-refractivity contribution is 7.89. The van der Waals surface area contributed by atoms with Crippen molar-refractivity contribution in [3.8, 4) is 0 Å². The van der Waals surface area contributed by atoms with Crippen LogP contribution in [0.3, 0.4) is 0 Å². The molecule has 0 saturated carbocycles. The van der Waals surface area contributed by atoms with Crippen LogP contribution in [0.15, 0.2) is 4.90 Å². The van der Waals surface area contributed by atoms with Crippen LogP contribution in [0.1, 0.15) is 31.2 Å². The first-order chi connectivity index (χ1) is 7.53. The molecule has 92 valence electrons. The summed E-state index contributed by atoms with van der Waals surface area (Å²) < 4.78 is 26.3. The van der Waals surface area contributed by atoms with Crippen molar-refractivity contribution in [2.24, 2.45) is 0 Å². The van der Waals surface area contributed by atoms with Gasteiger partial charge >= 0.3 is 0 Å². The lowest BCUT2D eigenvalue weighted by Crippen LogP contribution is -2.26. The summed E-state index contributed by atoms with van der Waals surface area (Å²) in [5.74, 6) is 0. The Bertz CT molecular complexity index is 439. The van der Waals surface area contributed by atoms with Crippen molar-refractivity contribution in [3.63, 3.8) is 0 Å². The number of unbranched alkanes of at least 4 members (excludes halogenated alkanes) is 1. The quantitative estimate of drug-likeness (QED) is 0.630. The zero-order chi connectivity index (χ0) is 12.2. The first-order valence-electron chi connectivity index (χ1n) is 5.17. The summed E-state index contributed by atoms with van der Waals surface area (Å²) in [6, 6.07) is 0. The van der Waals surface area contributed by atoms with E-state index in [1.165, 1.54) is 0 Å². The number of rotatable bonds is 6. The van der Waals surface area contributed by atoms with Crippen molar-refractivity contribution < 1.29 is 13.5 Å². The molecule has 1 rings (SSSR count). The number of aliphatic hydroxyl groups is 1. The zero-order valence-corrected chi connectivity index (χ0v) is 10.3. The number of aromatic amines is 1. The van der Waals surface area contributed by atoms with Crippen LogP contribution >= 0.6 is 0 Å². The normalized spacial score (nSPS) is 11.9. The number of sulfonamides is 1. The van der Waals surface area contributed by atoms with Crippen molar-refractivity contribution in [1.29, 1.82) is 0 Å². The van der Waals surface area contributed by atoms with Gasteiger partial charge in [0.05, 0.1) is 12.3 Å². The average molecular weight is 247 g/mol. The van der Waals surface area contributed by atoms with Crippen molar-refractivity contribution in [2.75, 3.05) is 6.54 Å². The van der Waals surface area contributed by atoms with Gasteiger partial charge in [0, 0.05) is 6.54 Å². The molecule has 0 aromatic carbocycles. The summed E-state index contributed by atoms with van der Waals surface area (Å²) in [5.41, 5.74) is 0.592. The van der Waals surface area contributed by atoms with E-state index in [0.717, 1.165) is 12.8 Å². The minimum atomic E-state index is -3.57. The Hall–Kier alpha value is -0.920. The fourth-order valence-electron chi connectivity index (χ4n) is 1.39. The summed E-state index contributed by atoms with van der Waals surface area (Å²) >= 11 is 0. The maximum absolute atomic E-state index is 11.9. The highest BCUT2D eigenvalue weighted by atomic mass is 32.2. The molecule has 0 bridgehead atoms. The molecule has 0 spiro atoms. The van der Waals surface area contributed by atoms with Crippen LogP contribution < -0.4 is 4.72 Å². The van der Waals surface area contributed by atoms with Crippen LogP contribution in [-0.4, -0.2) is 30.3 Å². The maximum Gasteiger partial charge on any atom is 0.244 e. The molecule has 1 heterocycles. The fourth-order valence-corrected chi connectivity index (χ4v) is 2.82. The van der Waals surface area contributed by atoms with Crippen molar-refractivity contribution >= 4 is 10.0 Å². The van der Waals surface area contributed by atoms with Crippen LogP contribution in [0, 0.1) is 6.92 Å². The summed E-state index contributed by atoms with van der Waals surface area (Å²) in [6.45, 7) is 3.60. The van der Waals surface area contributed by atoms with Gasteiger partial charge in [0.15, 0.2) is 0 Å². The Labute approximate surface area is 95.1 Å². The van der Waals surface area contributed by atoms with Gasteiger partial charge in [-0.05, 0) is 13.3 Å². The predicted octanol–water partition coefficient (Wildman–Crippen LogP) is 0.289. The predicted molar refractivity (Wildman–Crippen MR) is 59.3 cm³/mol. The molecule has 16 heavy (non-hydrogen) atoms. The first-order valence-corrected chi connectivity index (χ1v) is 6.65. The number of nitrogens with zero attached hydrogens (tertiary/aromatic N) is 1. The van der Waals surface area contributed by atoms with Crippen molar-refractivity contribution in [3.05, 3.63) is 11.4 Å². The third kappa shape index (κ3) is 2.81. The number of aliphatic hydroxyl groups excluding tert-OH is 1. The second kappa shape index (κ2) is 5.42. The Morgan fingerprint density at radius 3 is 2.75 bits per heavy atom. The molecule has 3 N–H and O–H groups in total. The van der Waals surface area contributed by atoms with Gasteiger partial charge in [-0.25, -0.2) is 13.1 Å². The molecular formula is C9H17N3O3S. The molecule has 0 fully saturated rings. The second-order valence-electron chi connectivity index (χ2n) is 3.53. The second-order valence-corrected chi connectivity index (χ2v) is 5.24. The number of hydrogen-bond acceptors (Lipinski definition) is 4. The molecule has 7 heteroatoms. The summed E-state index contributed by atoms with van der Waals surface area (Å²) in [5, 5.41) is 15.3. The van der Waals surface area contributed by atoms with E-state index in [0.29, 0.717) is 12.2 Å². The van der Waals surface area contributed by atoms with E-state index in [4.69, 9.17) is 5.11 Å². The summed E-state index contributed by atoms with van der Waals surface area (Å²) in [6.07, 6.45) is 1.70. The molecule has 1 aromatic heterocycles. The number of hydrogen-bond donors (Lipinski definition) is 3. The van der Waals surface area contributed by atoms with Gasteiger partial charge in [-0.1, -0.05) is 13.3 Å². The molecule has 6 nitrogen and oxygen atoms in total. The summed E-state index contributed by atoms with van der Waals surface area (Å²) in [4.78, 5) is 0.0612. The van der Waals surface area contributed by atoms with E-state index < -0.39 is 16.6 Å². The lowest BCUT2D eigenvalue weighted by Gasteiger charge is -2.06. The van der Waals surface area contributed by atoms with Crippen LogP contribution in [0.2, 0.25) is 0 Å². The van der Waals surface area contributed by atoms with Crippen LogP contribution in [0.25, 0.3) is 0 Å². The van der Waals surface area contributed by atoms with Gasteiger partial charge in [-0.2, -0.15) is 5.10 Å². The molecule has 1 aromatic rings. The Morgan fingerprint density at radius 1 is 1.50 bits per heavy atom. The van der Waals surface area contributed by atoms with Gasteiger partial charge in [-0.15, -0.1) is 0 Å². The standard InChI is InChI=1S/C9H17N3O3S/c1-3-4-5-10-16(14,15)9-7(2)11-12-8(9)6-13/h10,13H,3-6H2,1-2H3,(H,11,12). The topological polar surface area (TPSA) is 95.1 Å². The van der Waals surface area contributed by atoms with Crippen LogP contribution in [-0.2, 0) is 16.6 Å². The lowest BCUT2D eigenvalue weighted by molar-refractivity contribution is 0.273. The van der Waals surface area contributed by atoms with Crippen molar-refractivity contribution in [2.45, 2.75) is 38.2 Å². The van der Waals surface area contributed by atoms with Gasteiger partial charge in [0.1, 0.15) is 10.6 Å². The fraction of sp³-hybridized carbons (Fsp3) is 0.667. The number of aromatic nitrogens is 2. The number of nitrogens with one attached hydrogen (secondary N) is 2. The lowest BCUT2D eigenvalue weighted by atomic mass is 10.3. The third-order valence-corrected chi connectivity index (χ3v) is 3.87. The Morgan fingerprint density at radius 2 is 2.19 bits per heavy atom. The average Bonchev–Trinajstić information content (AvgIpc) is 2.60. The van der Waals surface area contributed by atoms with E-state index in [-0.39, 0.29) is 10.6 Å². The monoisotopic (exact) mass is 247 g/mol.